The van der Waals surface area contributed by atoms with E-state index in [-0.39, 0.29) is 23.1 Å². The van der Waals surface area contributed by atoms with E-state index >= 15 is 0 Å². The highest BCUT2D eigenvalue weighted by molar-refractivity contribution is 7.92. The molecule has 33 heavy (non-hydrogen) atoms. The summed E-state index contributed by atoms with van der Waals surface area (Å²) in [5.41, 5.74) is 2.92. The summed E-state index contributed by atoms with van der Waals surface area (Å²) in [6.45, 7) is 2.74. The van der Waals surface area contributed by atoms with Crippen molar-refractivity contribution in [2.75, 3.05) is 16.6 Å². The number of nitrogens with zero attached hydrogens (tertiary/aromatic N) is 1. The van der Waals surface area contributed by atoms with Crippen molar-refractivity contribution >= 4 is 33.2 Å². The molecule has 3 aromatic carbocycles. The van der Waals surface area contributed by atoms with Crippen molar-refractivity contribution in [2.45, 2.75) is 24.8 Å². The summed E-state index contributed by atoms with van der Waals surface area (Å²) in [4.78, 5) is 26.9. The van der Waals surface area contributed by atoms with Crippen molar-refractivity contribution < 1.29 is 18.0 Å². The van der Waals surface area contributed by atoms with Gasteiger partial charge in [0.15, 0.2) is 0 Å². The minimum Gasteiger partial charge on any atom is -0.338 e. The molecule has 3 aromatic rings. The highest BCUT2D eigenvalue weighted by atomic mass is 32.2. The molecular formula is C25H25N3O4S. The summed E-state index contributed by atoms with van der Waals surface area (Å²) in [5.74, 6) is -0.701. The maximum Gasteiger partial charge on any atom is 0.261 e. The molecule has 0 aliphatic carbocycles. The van der Waals surface area contributed by atoms with Crippen LogP contribution in [0, 0.1) is 12.8 Å². The summed E-state index contributed by atoms with van der Waals surface area (Å²) >= 11 is 0. The van der Waals surface area contributed by atoms with Gasteiger partial charge in [0.25, 0.3) is 10.0 Å². The Kier molecular flexibility index (Phi) is 6.46. The zero-order valence-electron chi connectivity index (χ0n) is 18.2. The molecule has 7 nitrogen and oxygen atoms in total. The SMILES string of the molecule is Cc1ccc(S(=O)(=O)Nc2ccc(NC(=O)C3CC(=O)N(Cc4ccccc4)C3)cc2)cc1. The molecule has 0 radical (unpaired) electrons. The average Bonchev–Trinajstić information content (AvgIpc) is 3.16. The number of likely N-dealkylation sites (tertiary alicyclic amines) is 1. The molecule has 1 aliphatic heterocycles. The third-order valence-corrected chi connectivity index (χ3v) is 6.93. The molecule has 8 heteroatoms. The van der Waals surface area contributed by atoms with E-state index in [0.29, 0.717) is 24.5 Å². The number of anilines is 2. The highest BCUT2D eigenvalue weighted by Crippen LogP contribution is 2.23. The molecule has 0 saturated carbocycles. The van der Waals surface area contributed by atoms with Crippen LogP contribution in [0.4, 0.5) is 11.4 Å². The van der Waals surface area contributed by atoms with Gasteiger partial charge in [-0.3, -0.25) is 14.3 Å². The van der Waals surface area contributed by atoms with Crippen LogP contribution in [-0.4, -0.2) is 31.7 Å². The minimum atomic E-state index is -3.70. The normalized spacial score (nSPS) is 16.0. The van der Waals surface area contributed by atoms with Gasteiger partial charge in [-0.2, -0.15) is 0 Å². The van der Waals surface area contributed by atoms with Crippen LogP contribution in [-0.2, 0) is 26.2 Å². The summed E-state index contributed by atoms with van der Waals surface area (Å²) in [5, 5.41) is 2.82. The van der Waals surface area contributed by atoms with Crippen molar-refractivity contribution in [3.63, 3.8) is 0 Å². The van der Waals surface area contributed by atoms with Crippen molar-refractivity contribution in [3.05, 3.63) is 90.0 Å². The molecule has 4 rings (SSSR count). The van der Waals surface area contributed by atoms with Crippen LogP contribution < -0.4 is 10.0 Å². The summed E-state index contributed by atoms with van der Waals surface area (Å²) in [6.07, 6.45) is 0.174. The van der Waals surface area contributed by atoms with Crippen molar-refractivity contribution in [3.8, 4) is 0 Å². The first-order valence-corrected chi connectivity index (χ1v) is 12.1. The van der Waals surface area contributed by atoms with Crippen LogP contribution in [0.5, 0.6) is 0 Å². The fourth-order valence-corrected chi connectivity index (χ4v) is 4.76. The number of carbonyl (C=O) groups excluding carboxylic acids is 2. The molecule has 0 bridgehead atoms. The number of rotatable bonds is 7. The number of sulfonamides is 1. The van der Waals surface area contributed by atoms with E-state index < -0.39 is 15.9 Å². The topological polar surface area (TPSA) is 95.6 Å². The Morgan fingerprint density at radius 1 is 0.939 bits per heavy atom. The third-order valence-electron chi connectivity index (χ3n) is 5.54. The minimum absolute atomic E-state index is 0.0418. The number of benzene rings is 3. The van der Waals surface area contributed by atoms with E-state index in [1.54, 1.807) is 53.4 Å². The van der Waals surface area contributed by atoms with E-state index in [1.165, 1.54) is 0 Å². The Labute approximate surface area is 193 Å². The van der Waals surface area contributed by atoms with Crippen LogP contribution >= 0.6 is 0 Å². The summed E-state index contributed by atoms with van der Waals surface area (Å²) in [6, 6.07) is 22.7. The second-order valence-electron chi connectivity index (χ2n) is 8.15. The van der Waals surface area contributed by atoms with Gasteiger partial charge in [0.05, 0.1) is 10.8 Å². The predicted octanol–water partition coefficient (Wildman–Crippen LogP) is 3.78. The maximum absolute atomic E-state index is 12.7. The number of amides is 2. The zero-order valence-corrected chi connectivity index (χ0v) is 19.0. The van der Waals surface area contributed by atoms with Gasteiger partial charge in [0.2, 0.25) is 11.8 Å². The van der Waals surface area contributed by atoms with E-state index in [0.717, 1.165) is 11.1 Å². The lowest BCUT2D eigenvalue weighted by molar-refractivity contribution is -0.128. The summed E-state index contributed by atoms with van der Waals surface area (Å²) in [7, 11) is -3.70. The van der Waals surface area contributed by atoms with Crippen LogP contribution in [0.2, 0.25) is 0 Å². The van der Waals surface area contributed by atoms with Crippen LogP contribution in [0.15, 0.2) is 83.8 Å². The Morgan fingerprint density at radius 3 is 2.24 bits per heavy atom. The molecule has 1 atom stereocenters. The van der Waals surface area contributed by atoms with Gasteiger partial charge in [0, 0.05) is 30.9 Å². The standard InChI is InChI=1S/C25H25N3O4S/c1-18-7-13-23(14-8-18)33(31,32)27-22-11-9-21(10-12-22)26-25(30)20-15-24(29)28(17-20)16-19-5-3-2-4-6-19/h2-14,20,27H,15-17H2,1H3,(H,26,30). The van der Waals surface area contributed by atoms with E-state index in [9.17, 15) is 18.0 Å². The quantitative estimate of drug-likeness (QED) is 0.557. The molecule has 1 saturated heterocycles. The fourth-order valence-electron chi connectivity index (χ4n) is 3.70. The smallest absolute Gasteiger partial charge is 0.261 e. The molecule has 1 heterocycles. The molecule has 1 unspecified atom stereocenters. The molecule has 0 aromatic heterocycles. The number of nitrogens with one attached hydrogen (secondary N) is 2. The second-order valence-corrected chi connectivity index (χ2v) is 9.83. The first-order chi connectivity index (χ1) is 15.8. The van der Waals surface area contributed by atoms with Crippen LogP contribution in [0.3, 0.4) is 0 Å². The zero-order chi connectivity index (χ0) is 23.4. The van der Waals surface area contributed by atoms with Crippen molar-refractivity contribution in [1.29, 1.82) is 0 Å². The maximum atomic E-state index is 12.7. The number of hydrogen-bond donors (Lipinski definition) is 2. The first-order valence-electron chi connectivity index (χ1n) is 10.6. The third kappa shape index (κ3) is 5.59. The van der Waals surface area contributed by atoms with Crippen LogP contribution in [0.25, 0.3) is 0 Å². The average molecular weight is 464 g/mol. The van der Waals surface area contributed by atoms with Gasteiger partial charge >= 0.3 is 0 Å². The predicted molar refractivity (Wildman–Crippen MR) is 127 cm³/mol. The number of aryl methyl sites for hydroxylation is 1. The lowest BCUT2D eigenvalue weighted by atomic mass is 10.1. The van der Waals surface area contributed by atoms with Crippen molar-refractivity contribution in [2.24, 2.45) is 5.92 Å². The first kappa shape index (κ1) is 22.5. The molecule has 2 amide bonds. The van der Waals surface area contributed by atoms with E-state index in [4.69, 9.17) is 0 Å². The van der Waals surface area contributed by atoms with Gasteiger partial charge in [-0.05, 0) is 48.9 Å². The monoisotopic (exact) mass is 463 g/mol. The Morgan fingerprint density at radius 2 is 1.58 bits per heavy atom. The largest absolute Gasteiger partial charge is 0.338 e. The lowest BCUT2D eigenvalue weighted by Gasteiger charge is -2.16. The van der Waals surface area contributed by atoms with Gasteiger partial charge in [-0.1, -0.05) is 48.0 Å². The molecule has 1 aliphatic rings. The van der Waals surface area contributed by atoms with Gasteiger partial charge in [-0.15, -0.1) is 0 Å². The Bertz CT molecular complexity index is 1240. The number of hydrogen-bond acceptors (Lipinski definition) is 4. The van der Waals surface area contributed by atoms with Gasteiger partial charge < -0.3 is 10.2 Å². The van der Waals surface area contributed by atoms with Gasteiger partial charge in [0.1, 0.15) is 0 Å². The van der Waals surface area contributed by atoms with Crippen LogP contribution in [0.1, 0.15) is 17.5 Å². The molecule has 170 valence electrons. The molecule has 2 N–H and O–H groups in total. The highest BCUT2D eigenvalue weighted by Gasteiger charge is 2.34. The summed E-state index contributed by atoms with van der Waals surface area (Å²) < 4.78 is 27.6. The Balaban J connectivity index is 1.34. The molecule has 0 spiro atoms. The van der Waals surface area contributed by atoms with Gasteiger partial charge in [-0.25, -0.2) is 8.42 Å². The molecular weight excluding hydrogens is 438 g/mol. The lowest BCUT2D eigenvalue weighted by Crippen LogP contribution is -2.28. The molecule has 1 fully saturated rings. The van der Waals surface area contributed by atoms with E-state index in [2.05, 4.69) is 10.0 Å². The fraction of sp³-hybridized carbons (Fsp3) is 0.200. The Hall–Kier alpha value is -3.65. The van der Waals surface area contributed by atoms with Crippen molar-refractivity contribution in [1.82, 2.24) is 4.90 Å². The number of carbonyl (C=O) groups is 2. The van der Waals surface area contributed by atoms with E-state index in [1.807, 2.05) is 37.3 Å². The second kappa shape index (κ2) is 9.46.